The Morgan fingerprint density at radius 1 is 0.909 bits per heavy atom. The maximum atomic E-state index is 5.37. The van der Waals surface area contributed by atoms with Gasteiger partial charge in [-0.15, -0.1) is 24.0 Å². The number of halogens is 1. The van der Waals surface area contributed by atoms with Gasteiger partial charge in [-0.05, 0) is 35.7 Å². The Kier molecular flexibility index (Phi) is 3.87. The van der Waals surface area contributed by atoms with Gasteiger partial charge < -0.3 is 15.0 Å². The molecule has 0 radical (unpaired) electrons. The number of hydrogen-bond donors (Lipinski definition) is 2. The predicted octanol–water partition coefficient (Wildman–Crippen LogP) is 5.14. The van der Waals surface area contributed by atoms with Crippen molar-refractivity contribution in [2.24, 2.45) is 0 Å². The van der Waals surface area contributed by atoms with Gasteiger partial charge in [0.05, 0.1) is 7.11 Å². The molecule has 1 heterocycles. The van der Waals surface area contributed by atoms with E-state index in [1.165, 1.54) is 21.5 Å². The van der Waals surface area contributed by atoms with E-state index < -0.39 is 0 Å². The number of nitrogens with one attached hydrogen (secondary N) is 2. The Morgan fingerprint density at radius 2 is 1.73 bits per heavy atom. The Bertz CT molecular complexity index is 975. The average molecular weight is 404 g/mol. The highest BCUT2D eigenvalue weighted by molar-refractivity contribution is 14.0. The van der Waals surface area contributed by atoms with Crippen LogP contribution in [-0.2, 0) is 0 Å². The monoisotopic (exact) mass is 404 g/mol. The van der Waals surface area contributed by atoms with Gasteiger partial charge in [0.2, 0.25) is 0 Å². The van der Waals surface area contributed by atoms with Crippen molar-refractivity contribution in [2.75, 3.05) is 19.5 Å². The quantitative estimate of drug-likeness (QED) is 0.454. The second-order valence-electron chi connectivity index (χ2n) is 5.18. The molecule has 1 aromatic heterocycles. The van der Waals surface area contributed by atoms with Gasteiger partial charge in [-0.1, -0.05) is 18.2 Å². The fraction of sp³-hybridized carbons (Fsp3) is 0.111. The van der Waals surface area contributed by atoms with E-state index in [1.807, 2.05) is 13.1 Å². The number of methoxy groups -OCH3 is 1. The normalized spacial score (nSPS) is 10.8. The van der Waals surface area contributed by atoms with Crippen LogP contribution in [0.15, 0.2) is 48.5 Å². The minimum absolute atomic E-state index is 0. The molecule has 0 bridgehead atoms. The summed E-state index contributed by atoms with van der Waals surface area (Å²) in [6.45, 7) is 0. The zero-order valence-electron chi connectivity index (χ0n) is 12.4. The lowest BCUT2D eigenvalue weighted by atomic mass is 10.0. The second kappa shape index (κ2) is 5.68. The zero-order chi connectivity index (χ0) is 14.4. The van der Waals surface area contributed by atoms with Gasteiger partial charge in [0.25, 0.3) is 0 Å². The number of fused-ring (bicyclic) bond motifs is 5. The van der Waals surface area contributed by atoms with E-state index in [0.717, 1.165) is 22.5 Å². The summed E-state index contributed by atoms with van der Waals surface area (Å²) >= 11 is 0. The third-order valence-electron chi connectivity index (χ3n) is 4.10. The maximum Gasteiger partial charge on any atom is 0.119 e. The summed E-state index contributed by atoms with van der Waals surface area (Å²) in [4.78, 5) is 3.48. The van der Waals surface area contributed by atoms with E-state index in [-0.39, 0.29) is 24.0 Å². The minimum Gasteiger partial charge on any atom is -0.497 e. The van der Waals surface area contributed by atoms with Gasteiger partial charge in [-0.2, -0.15) is 0 Å². The summed E-state index contributed by atoms with van der Waals surface area (Å²) in [7, 11) is 3.66. The number of anilines is 1. The molecule has 3 nitrogen and oxygen atoms in total. The molecule has 0 aliphatic carbocycles. The SMILES string of the molecule is CNc1cccc2c1ccc1[nH]c3ccc(OC)cc3c12.I. The van der Waals surface area contributed by atoms with E-state index in [4.69, 9.17) is 4.74 Å². The van der Waals surface area contributed by atoms with Crippen LogP contribution >= 0.6 is 24.0 Å². The first-order valence-electron chi connectivity index (χ1n) is 7.01. The molecule has 0 aliphatic rings. The van der Waals surface area contributed by atoms with E-state index in [2.05, 4.69) is 52.8 Å². The number of rotatable bonds is 2. The molecule has 112 valence electrons. The molecule has 2 N–H and O–H groups in total. The first kappa shape index (κ1) is 15.0. The molecule has 3 aromatic carbocycles. The highest BCUT2D eigenvalue weighted by Gasteiger charge is 2.10. The number of ether oxygens (including phenoxy) is 1. The highest BCUT2D eigenvalue weighted by atomic mass is 127. The second-order valence-corrected chi connectivity index (χ2v) is 5.18. The Hall–Kier alpha value is -1.95. The molecule has 0 atom stereocenters. The van der Waals surface area contributed by atoms with Crippen molar-refractivity contribution in [3.63, 3.8) is 0 Å². The lowest BCUT2D eigenvalue weighted by Gasteiger charge is -2.07. The van der Waals surface area contributed by atoms with Crippen LogP contribution < -0.4 is 10.1 Å². The van der Waals surface area contributed by atoms with Crippen molar-refractivity contribution in [1.82, 2.24) is 4.98 Å². The standard InChI is InChI=1S/C18H16N2O.HI/c1-19-15-5-3-4-13-12(15)7-9-17-18(13)14-10-11(21-2)6-8-16(14)20-17;/h3-10,19-20H,1-2H3;1H. The molecule has 4 rings (SSSR count). The Morgan fingerprint density at radius 3 is 2.50 bits per heavy atom. The number of hydrogen-bond acceptors (Lipinski definition) is 2. The van der Waals surface area contributed by atoms with E-state index in [9.17, 15) is 0 Å². The molecule has 0 unspecified atom stereocenters. The number of benzene rings is 3. The Balaban J connectivity index is 0.00000144. The van der Waals surface area contributed by atoms with E-state index in [1.54, 1.807) is 7.11 Å². The number of H-pyrrole nitrogens is 1. The van der Waals surface area contributed by atoms with Gasteiger partial charge in [0, 0.05) is 39.9 Å². The van der Waals surface area contributed by atoms with Crippen LogP contribution in [0.2, 0.25) is 0 Å². The van der Waals surface area contributed by atoms with Gasteiger partial charge in [0.1, 0.15) is 5.75 Å². The first-order valence-corrected chi connectivity index (χ1v) is 7.01. The predicted molar refractivity (Wildman–Crippen MR) is 105 cm³/mol. The number of aromatic amines is 1. The van der Waals surface area contributed by atoms with Crippen molar-refractivity contribution in [3.8, 4) is 5.75 Å². The molecule has 0 saturated heterocycles. The molecule has 0 saturated carbocycles. The van der Waals surface area contributed by atoms with E-state index >= 15 is 0 Å². The molecule has 0 spiro atoms. The molecular weight excluding hydrogens is 387 g/mol. The molecule has 22 heavy (non-hydrogen) atoms. The van der Waals surface area contributed by atoms with E-state index in [0.29, 0.717) is 0 Å². The van der Waals surface area contributed by atoms with Crippen molar-refractivity contribution in [3.05, 3.63) is 48.5 Å². The third-order valence-corrected chi connectivity index (χ3v) is 4.10. The average Bonchev–Trinajstić information content (AvgIpc) is 2.92. The van der Waals surface area contributed by atoms with Crippen LogP contribution in [0.3, 0.4) is 0 Å². The summed E-state index contributed by atoms with van der Waals surface area (Å²) in [5.41, 5.74) is 3.43. The third kappa shape index (κ3) is 2.09. The fourth-order valence-electron chi connectivity index (χ4n) is 3.08. The molecule has 4 aromatic rings. The Labute approximate surface area is 145 Å². The number of aromatic nitrogens is 1. The zero-order valence-corrected chi connectivity index (χ0v) is 14.8. The smallest absolute Gasteiger partial charge is 0.119 e. The molecule has 4 heteroatoms. The molecule has 0 fully saturated rings. The molecule has 0 amide bonds. The van der Waals surface area contributed by atoms with Crippen molar-refractivity contribution in [2.45, 2.75) is 0 Å². The van der Waals surface area contributed by atoms with Crippen LogP contribution in [-0.4, -0.2) is 19.1 Å². The van der Waals surface area contributed by atoms with Gasteiger partial charge in [-0.25, -0.2) is 0 Å². The lowest BCUT2D eigenvalue weighted by Crippen LogP contribution is -1.89. The highest BCUT2D eigenvalue weighted by Crippen LogP contribution is 2.36. The fourth-order valence-corrected chi connectivity index (χ4v) is 3.08. The van der Waals surface area contributed by atoms with Crippen molar-refractivity contribution in [1.29, 1.82) is 0 Å². The van der Waals surface area contributed by atoms with Crippen LogP contribution in [0.1, 0.15) is 0 Å². The van der Waals surface area contributed by atoms with Crippen LogP contribution in [0.4, 0.5) is 5.69 Å². The summed E-state index contributed by atoms with van der Waals surface area (Å²) in [6.07, 6.45) is 0. The lowest BCUT2D eigenvalue weighted by molar-refractivity contribution is 0.415. The van der Waals surface area contributed by atoms with Gasteiger partial charge >= 0.3 is 0 Å². The largest absolute Gasteiger partial charge is 0.497 e. The molecular formula is C18H17IN2O. The topological polar surface area (TPSA) is 37.0 Å². The van der Waals surface area contributed by atoms with Crippen LogP contribution in [0, 0.1) is 0 Å². The van der Waals surface area contributed by atoms with Gasteiger partial charge in [0.15, 0.2) is 0 Å². The van der Waals surface area contributed by atoms with Crippen LogP contribution in [0.5, 0.6) is 5.75 Å². The summed E-state index contributed by atoms with van der Waals surface area (Å²) < 4.78 is 5.37. The van der Waals surface area contributed by atoms with Gasteiger partial charge in [-0.3, -0.25) is 0 Å². The van der Waals surface area contributed by atoms with Crippen molar-refractivity contribution < 1.29 is 4.74 Å². The summed E-state index contributed by atoms with van der Waals surface area (Å²) in [5, 5.41) is 8.19. The maximum absolute atomic E-state index is 5.37. The summed E-state index contributed by atoms with van der Waals surface area (Å²) in [5.74, 6) is 0.880. The van der Waals surface area contributed by atoms with Crippen LogP contribution in [0.25, 0.3) is 32.6 Å². The van der Waals surface area contributed by atoms with Crippen molar-refractivity contribution >= 4 is 62.2 Å². The summed E-state index contributed by atoms with van der Waals surface area (Å²) in [6, 6.07) is 16.8. The minimum atomic E-state index is 0. The molecule has 0 aliphatic heterocycles. The first-order chi connectivity index (χ1) is 10.3.